The first kappa shape index (κ1) is 15.5. The van der Waals surface area contributed by atoms with Gasteiger partial charge < -0.3 is 14.8 Å². The van der Waals surface area contributed by atoms with E-state index in [1.54, 1.807) is 19.3 Å². The van der Waals surface area contributed by atoms with Crippen LogP contribution in [0.3, 0.4) is 0 Å². The predicted octanol–water partition coefficient (Wildman–Crippen LogP) is 1.50. The summed E-state index contributed by atoms with van der Waals surface area (Å²) in [4.78, 5) is 14.2. The molecule has 2 saturated heterocycles. The molecule has 0 aromatic heterocycles. The molecular formula is C15H26N2O3. The summed E-state index contributed by atoms with van der Waals surface area (Å²) in [6, 6.07) is 0. The fraction of sp³-hybridized carbons (Fsp3) is 0.800. The van der Waals surface area contributed by atoms with E-state index in [0.29, 0.717) is 0 Å². The number of rotatable bonds is 5. The van der Waals surface area contributed by atoms with Crippen molar-refractivity contribution in [2.24, 2.45) is 5.92 Å². The van der Waals surface area contributed by atoms with E-state index < -0.39 is 0 Å². The molecule has 0 aliphatic carbocycles. The van der Waals surface area contributed by atoms with Crippen LogP contribution in [0.15, 0.2) is 12.3 Å². The third-order valence-corrected chi connectivity index (χ3v) is 3.61. The van der Waals surface area contributed by atoms with Crippen LogP contribution in [0.5, 0.6) is 0 Å². The molecule has 0 radical (unpaired) electrons. The first-order valence-corrected chi connectivity index (χ1v) is 7.36. The smallest absolute Gasteiger partial charge is 0.200 e. The van der Waals surface area contributed by atoms with Crippen molar-refractivity contribution in [3.63, 3.8) is 0 Å². The molecule has 0 aromatic rings. The molecule has 2 heterocycles. The normalized spacial score (nSPS) is 28.8. The molecule has 20 heavy (non-hydrogen) atoms. The molecule has 2 atom stereocenters. The maximum absolute atomic E-state index is 11.9. The van der Waals surface area contributed by atoms with E-state index in [9.17, 15) is 4.79 Å². The van der Waals surface area contributed by atoms with E-state index in [0.717, 1.165) is 25.9 Å². The quantitative estimate of drug-likeness (QED) is 0.612. The van der Waals surface area contributed by atoms with E-state index in [1.807, 2.05) is 20.8 Å². The number of nitrogens with one attached hydrogen (secondary N) is 1. The summed E-state index contributed by atoms with van der Waals surface area (Å²) in [6.45, 7) is 7.90. The van der Waals surface area contributed by atoms with Crippen molar-refractivity contribution in [3.8, 4) is 0 Å². The number of hydrogen-bond donors (Lipinski definition) is 1. The first-order chi connectivity index (χ1) is 9.40. The van der Waals surface area contributed by atoms with Gasteiger partial charge in [0.1, 0.15) is 0 Å². The zero-order chi connectivity index (χ0) is 14.8. The van der Waals surface area contributed by atoms with Gasteiger partial charge in [-0.1, -0.05) is 0 Å². The van der Waals surface area contributed by atoms with E-state index in [2.05, 4.69) is 10.2 Å². The van der Waals surface area contributed by atoms with Gasteiger partial charge in [0, 0.05) is 26.1 Å². The predicted molar refractivity (Wildman–Crippen MR) is 77.0 cm³/mol. The molecule has 0 amide bonds. The minimum atomic E-state index is -0.175. The molecule has 0 spiro atoms. The maximum Gasteiger partial charge on any atom is 0.200 e. The number of piperidine rings is 1. The summed E-state index contributed by atoms with van der Waals surface area (Å²) in [5.74, 6) is 0.370. The number of carbonyl (C=O) groups excluding carboxylic acids is 1. The number of hydrogen-bond acceptors (Lipinski definition) is 5. The van der Waals surface area contributed by atoms with Crippen molar-refractivity contribution in [3.05, 3.63) is 12.3 Å². The van der Waals surface area contributed by atoms with Crippen molar-refractivity contribution in [1.29, 1.82) is 0 Å². The van der Waals surface area contributed by atoms with Crippen molar-refractivity contribution in [2.45, 2.75) is 51.7 Å². The maximum atomic E-state index is 11.9. The highest BCUT2D eigenvalue weighted by Crippen LogP contribution is 2.33. The van der Waals surface area contributed by atoms with E-state index in [1.165, 1.54) is 0 Å². The molecule has 1 N–H and O–H groups in total. The number of ketones is 1. The lowest BCUT2D eigenvalue weighted by Gasteiger charge is -2.29. The summed E-state index contributed by atoms with van der Waals surface area (Å²) in [5, 5.41) is 2.85. The van der Waals surface area contributed by atoms with Gasteiger partial charge >= 0.3 is 0 Å². The van der Waals surface area contributed by atoms with Crippen LogP contribution in [0.1, 0.15) is 33.6 Å². The van der Waals surface area contributed by atoms with Crippen molar-refractivity contribution in [1.82, 2.24) is 10.2 Å². The molecule has 2 aliphatic rings. The van der Waals surface area contributed by atoms with Crippen molar-refractivity contribution in [2.75, 3.05) is 20.1 Å². The molecule has 2 unspecified atom stereocenters. The van der Waals surface area contributed by atoms with Crippen LogP contribution in [0.4, 0.5) is 0 Å². The number of epoxide rings is 1. The zero-order valence-corrected chi connectivity index (χ0v) is 12.9. The van der Waals surface area contributed by atoms with Crippen molar-refractivity contribution >= 4 is 5.78 Å². The highest BCUT2D eigenvalue weighted by atomic mass is 16.8. The standard InChI is InChI=1S/C15H26N2O3/c1-15(2,3)20-14-13(19-14)17-9-6-11(7-10-17)12(18)5-8-16-4/h5,8,11,13-14,16H,6-7,9-10H2,1-4H3/b8-5+. The lowest BCUT2D eigenvalue weighted by Crippen LogP contribution is -2.39. The fourth-order valence-electron chi connectivity index (χ4n) is 2.52. The number of ether oxygens (including phenoxy) is 2. The largest absolute Gasteiger partial charge is 0.394 e. The van der Waals surface area contributed by atoms with Crippen LogP contribution in [0, 0.1) is 5.92 Å². The van der Waals surface area contributed by atoms with E-state index in [4.69, 9.17) is 9.47 Å². The van der Waals surface area contributed by atoms with Crippen LogP contribution in [-0.4, -0.2) is 48.9 Å². The van der Waals surface area contributed by atoms with Gasteiger partial charge in [-0.05, 0) is 45.9 Å². The molecule has 5 heteroatoms. The minimum Gasteiger partial charge on any atom is -0.394 e. The zero-order valence-electron chi connectivity index (χ0n) is 12.9. The molecule has 2 aliphatic heterocycles. The van der Waals surface area contributed by atoms with Gasteiger partial charge in [0.2, 0.25) is 0 Å². The van der Waals surface area contributed by atoms with Gasteiger partial charge in [-0.15, -0.1) is 0 Å². The van der Waals surface area contributed by atoms with E-state index >= 15 is 0 Å². The number of carbonyl (C=O) groups is 1. The van der Waals surface area contributed by atoms with Crippen LogP contribution in [0.2, 0.25) is 0 Å². The molecule has 2 rings (SSSR count). The number of likely N-dealkylation sites (tertiary alicyclic amines) is 1. The Morgan fingerprint density at radius 1 is 1.35 bits per heavy atom. The summed E-state index contributed by atoms with van der Waals surface area (Å²) >= 11 is 0. The van der Waals surface area contributed by atoms with Gasteiger partial charge in [0.15, 0.2) is 18.3 Å². The van der Waals surface area contributed by atoms with Crippen LogP contribution in [-0.2, 0) is 14.3 Å². The summed E-state index contributed by atoms with van der Waals surface area (Å²) in [5.41, 5.74) is -0.175. The minimum absolute atomic E-state index is 0.0816. The Morgan fingerprint density at radius 2 is 2.00 bits per heavy atom. The van der Waals surface area contributed by atoms with Crippen LogP contribution >= 0.6 is 0 Å². The Balaban J connectivity index is 1.73. The van der Waals surface area contributed by atoms with Crippen molar-refractivity contribution < 1.29 is 14.3 Å². The molecule has 114 valence electrons. The number of allylic oxidation sites excluding steroid dienone is 1. The summed E-state index contributed by atoms with van der Waals surface area (Å²) in [7, 11) is 1.80. The Bertz CT molecular complexity index is 368. The molecule has 0 saturated carbocycles. The Hall–Kier alpha value is -0.910. The van der Waals surface area contributed by atoms with Gasteiger partial charge in [0.05, 0.1) is 5.60 Å². The Morgan fingerprint density at radius 3 is 2.55 bits per heavy atom. The van der Waals surface area contributed by atoms with Gasteiger partial charge in [-0.2, -0.15) is 0 Å². The average Bonchev–Trinajstić information content (AvgIpc) is 3.13. The lowest BCUT2D eigenvalue weighted by molar-refractivity contribution is -0.119. The second kappa shape index (κ2) is 6.24. The highest BCUT2D eigenvalue weighted by molar-refractivity contribution is 5.91. The second-order valence-electron chi connectivity index (χ2n) is 6.46. The lowest BCUT2D eigenvalue weighted by atomic mass is 9.92. The molecular weight excluding hydrogens is 256 g/mol. The SMILES string of the molecule is CN/C=C/C(=O)C1CCN(C2OC2OC(C)(C)C)CC1. The third-order valence-electron chi connectivity index (χ3n) is 3.61. The fourth-order valence-corrected chi connectivity index (χ4v) is 2.52. The first-order valence-electron chi connectivity index (χ1n) is 7.36. The van der Waals surface area contributed by atoms with Crippen LogP contribution < -0.4 is 5.32 Å². The molecule has 5 nitrogen and oxygen atoms in total. The third kappa shape index (κ3) is 4.30. The molecule has 0 aromatic carbocycles. The Labute approximate surface area is 121 Å². The van der Waals surface area contributed by atoms with Gasteiger partial charge in [-0.25, -0.2) is 0 Å². The van der Waals surface area contributed by atoms with Gasteiger partial charge in [-0.3, -0.25) is 9.69 Å². The highest BCUT2D eigenvalue weighted by Gasteiger charge is 2.47. The van der Waals surface area contributed by atoms with Crippen LogP contribution in [0.25, 0.3) is 0 Å². The molecule has 0 bridgehead atoms. The number of nitrogens with zero attached hydrogens (tertiary/aromatic N) is 1. The molecule has 2 fully saturated rings. The average molecular weight is 282 g/mol. The van der Waals surface area contributed by atoms with E-state index in [-0.39, 0.29) is 29.8 Å². The summed E-state index contributed by atoms with van der Waals surface area (Å²) in [6.07, 6.45) is 5.11. The summed E-state index contributed by atoms with van der Waals surface area (Å²) < 4.78 is 11.4. The Kier molecular flexibility index (Phi) is 4.83. The topological polar surface area (TPSA) is 54.1 Å². The van der Waals surface area contributed by atoms with Gasteiger partial charge in [0.25, 0.3) is 0 Å². The second-order valence-corrected chi connectivity index (χ2v) is 6.46. The monoisotopic (exact) mass is 282 g/mol.